The van der Waals surface area contributed by atoms with Crippen LogP contribution >= 0.6 is 0 Å². The number of hydrogen-bond acceptors (Lipinski definition) is 5. The molecule has 0 aliphatic carbocycles. The van der Waals surface area contributed by atoms with Gasteiger partial charge in [-0.05, 0) is 48.4 Å². The van der Waals surface area contributed by atoms with Gasteiger partial charge in [0.05, 0.1) is 31.2 Å². The number of fused-ring (bicyclic) bond motifs is 2. The SMILES string of the molecule is COc1ccc(CCN2C(=O)c3oc4ccc(F)cc4c(=O)c3[C@@H]2c2ccccc2F)cc1OC. The lowest BCUT2D eigenvalue weighted by Gasteiger charge is -2.25. The van der Waals surface area contributed by atoms with Gasteiger partial charge in [0.1, 0.15) is 17.2 Å². The molecule has 0 unspecified atom stereocenters. The Bertz CT molecular complexity index is 1510. The summed E-state index contributed by atoms with van der Waals surface area (Å²) in [5, 5.41) is -0.000343. The molecule has 178 valence electrons. The largest absolute Gasteiger partial charge is 0.493 e. The molecular weight excluding hydrogens is 456 g/mol. The predicted octanol–water partition coefficient (Wildman–Crippen LogP) is 4.88. The summed E-state index contributed by atoms with van der Waals surface area (Å²) in [4.78, 5) is 28.3. The van der Waals surface area contributed by atoms with Crippen molar-refractivity contribution in [3.63, 3.8) is 0 Å². The zero-order chi connectivity index (χ0) is 24.7. The first-order valence-electron chi connectivity index (χ1n) is 11.0. The van der Waals surface area contributed by atoms with Gasteiger partial charge >= 0.3 is 0 Å². The first-order chi connectivity index (χ1) is 16.9. The molecule has 1 aliphatic rings. The van der Waals surface area contributed by atoms with Gasteiger partial charge in [0.2, 0.25) is 5.76 Å². The molecule has 0 fully saturated rings. The smallest absolute Gasteiger partial charge is 0.290 e. The highest BCUT2D eigenvalue weighted by atomic mass is 19.1. The molecule has 0 radical (unpaired) electrons. The Labute approximate surface area is 199 Å². The van der Waals surface area contributed by atoms with Crippen LogP contribution in [0.2, 0.25) is 0 Å². The van der Waals surface area contributed by atoms with Crippen LogP contribution in [0.3, 0.4) is 0 Å². The first kappa shape index (κ1) is 22.6. The molecule has 5 rings (SSSR count). The van der Waals surface area contributed by atoms with E-state index in [0.717, 1.165) is 17.7 Å². The summed E-state index contributed by atoms with van der Waals surface area (Å²) < 4.78 is 45.2. The third-order valence-electron chi connectivity index (χ3n) is 6.22. The molecule has 0 spiro atoms. The molecule has 1 atom stereocenters. The van der Waals surface area contributed by atoms with Gasteiger partial charge < -0.3 is 18.8 Å². The van der Waals surface area contributed by atoms with Gasteiger partial charge in [-0.25, -0.2) is 8.78 Å². The highest BCUT2D eigenvalue weighted by molar-refractivity contribution is 5.99. The topological polar surface area (TPSA) is 69.0 Å². The lowest BCUT2D eigenvalue weighted by molar-refractivity contribution is 0.0728. The Morgan fingerprint density at radius 2 is 1.71 bits per heavy atom. The Hall–Kier alpha value is -4.20. The molecule has 1 aliphatic heterocycles. The fourth-order valence-electron chi connectivity index (χ4n) is 4.53. The predicted molar refractivity (Wildman–Crippen MR) is 125 cm³/mol. The molecular formula is C27H21F2NO5. The molecule has 2 heterocycles. The number of hydrogen-bond donors (Lipinski definition) is 0. The maximum atomic E-state index is 14.9. The summed E-state index contributed by atoms with van der Waals surface area (Å²) in [6.45, 7) is 0.168. The van der Waals surface area contributed by atoms with Crippen molar-refractivity contribution >= 4 is 16.9 Å². The quantitative estimate of drug-likeness (QED) is 0.396. The van der Waals surface area contributed by atoms with E-state index in [4.69, 9.17) is 13.9 Å². The first-order valence-corrected chi connectivity index (χ1v) is 11.0. The molecule has 4 aromatic rings. The van der Waals surface area contributed by atoms with Crippen LogP contribution in [0.15, 0.2) is 69.9 Å². The molecule has 0 bridgehead atoms. The number of methoxy groups -OCH3 is 2. The van der Waals surface area contributed by atoms with Crippen molar-refractivity contribution in [2.75, 3.05) is 20.8 Å². The van der Waals surface area contributed by atoms with E-state index in [-0.39, 0.29) is 34.4 Å². The summed E-state index contributed by atoms with van der Waals surface area (Å²) in [7, 11) is 3.07. The number of carbonyl (C=O) groups is 1. The van der Waals surface area contributed by atoms with Crippen LogP contribution in [0.1, 0.15) is 33.3 Å². The monoisotopic (exact) mass is 477 g/mol. The van der Waals surface area contributed by atoms with E-state index in [1.807, 2.05) is 6.07 Å². The molecule has 1 aromatic heterocycles. The number of ether oxygens (including phenoxy) is 2. The number of amides is 1. The zero-order valence-electron chi connectivity index (χ0n) is 19.0. The number of nitrogens with zero attached hydrogens (tertiary/aromatic N) is 1. The molecule has 3 aromatic carbocycles. The Morgan fingerprint density at radius 1 is 0.943 bits per heavy atom. The summed E-state index contributed by atoms with van der Waals surface area (Å²) >= 11 is 0. The average molecular weight is 477 g/mol. The lowest BCUT2D eigenvalue weighted by atomic mass is 9.97. The van der Waals surface area contributed by atoms with E-state index in [0.29, 0.717) is 17.9 Å². The van der Waals surface area contributed by atoms with Crippen LogP contribution in [-0.2, 0) is 6.42 Å². The highest BCUT2D eigenvalue weighted by Crippen LogP contribution is 2.39. The van der Waals surface area contributed by atoms with Crippen LogP contribution in [0.5, 0.6) is 11.5 Å². The van der Waals surface area contributed by atoms with Crippen LogP contribution in [0.4, 0.5) is 8.78 Å². The van der Waals surface area contributed by atoms with Gasteiger partial charge in [0, 0.05) is 12.1 Å². The summed E-state index contributed by atoms with van der Waals surface area (Å²) in [6, 6.07) is 13.9. The van der Waals surface area contributed by atoms with Crippen molar-refractivity contribution in [2.24, 2.45) is 0 Å². The standard InChI is InChI=1S/C27H21F2NO5/c1-33-21-9-7-15(13-22(21)34-2)11-12-30-24(17-5-3-4-6-19(17)29)23-25(31)18-14-16(28)8-10-20(18)35-26(23)27(30)32/h3-10,13-14,24H,11-12H2,1-2H3/t24-/m0/s1. The Morgan fingerprint density at radius 3 is 2.46 bits per heavy atom. The van der Waals surface area contributed by atoms with Gasteiger partial charge in [-0.2, -0.15) is 0 Å². The van der Waals surface area contributed by atoms with Crippen molar-refractivity contribution in [1.82, 2.24) is 4.90 Å². The zero-order valence-corrected chi connectivity index (χ0v) is 19.0. The second-order valence-corrected chi connectivity index (χ2v) is 8.18. The minimum absolute atomic E-state index is 0.000343. The molecule has 0 saturated carbocycles. The minimum Gasteiger partial charge on any atom is -0.493 e. The summed E-state index contributed by atoms with van der Waals surface area (Å²) in [6.07, 6.45) is 0.396. The van der Waals surface area contributed by atoms with Crippen molar-refractivity contribution in [3.05, 3.63) is 105 Å². The Balaban J connectivity index is 1.60. The van der Waals surface area contributed by atoms with Crippen LogP contribution in [0, 0.1) is 11.6 Å². The van der Waals surface area contributed by atoms with Crippen LogP contribution in [0.25, 0.3) is 11.0 Å². The maximum absolute atomic E-state index is 14.9. The van der Waals surface area contributed by atoms with Crippen LogP contribution in [-0.4, -0.2) is 31.6 Å². The maximum Gasteiger partial charge on any atom is 0.290 e. The second kappa shape index (κ2) is 8.87. The third-order valence-corrected chi connectivity index (χ3v) is 6.22. The van der Waals surface area contributed by atoms with E-state index in [2.05, 4.69) is 0 Å². The minimum atomic E-state index is -1.01. The molecule has 0 saturated heterocycles. The molecule has 8 heteroatoms. The fourth-order valence-corrected chi connectivity index (χ4v) is 4.53. The van der Waals surface area contributed by atoms with Gasteiger partial charge in [-0.15, -0.1) is 0 Å². The van der Waals surface area contributed by atoms with Crippen molar-refractivity contribution in [1.29, 1.82) is 0 Å². The summed E-state index contributed by atoms with van der Waals surface area (Å²) in [5.74, 6) is -0.753. The van der Waals surface area contributed by atoms with Gasteiger partial charge in [-0.1, -0.05) is 24.3 Å². The van der Waals surface area contributed by atoms with E-state index < -0.39 is 29.0 Å². The molecule has 1 amide bonds. The van der Waals surface area contributed by atoms with E-state index in [9.17, 15) is 18.4 Å². The van der Waals surface area contributed by atoms with E-state index in [1.54, 1.807) is 18.2 Å². The van der Waals surface area contributed by atoms with Gasteiger partial charge in [-0.3, -0.25) is 9.59 Å². The number of carbonyl (C=O) groups excluding carboxylic acids is 1. The highest BCUT2D eigenvalue weighted by Gasteiger charge is 2.43. The van der Waals surface area contributed by atoms with Crippen molar-refractivity contribution < 1.29 is 27.5 Å². The van der Waals surface area contributed by atoms with Crippen molar-refractivity contribution in [2.45, 2.75) is 12.5 Å². The van der Waals surface area contributed by atoms with Gasteiger partial charge in [0.15, 0.2) is 16.9 Å². The third kappa shape index (κ3) is 3.80. The van der Waals surface area contributed by atoms with E-state index in [1.165, 1.54) is 43.4 Å². The molecule has 0 N–H and O–H groups in total. The normalized spacial score (nSPS) is 14.9. The van der Waals surface area contributed by atoms with E-state index >= 15 is 0 Å². The number of rotatable bonds is 6. The Kier molecular flexibility index (Phi) is 5.72. The van der Waals surface area contributed by atoms with Crippen LogP contribution < -0.4 is 14.9 Å². The molecule has 6 nitrogen and oxygen atoms in total. The lowest BCUT2D eigenvalue weighted by Crippen LogP contribution is -2.32. The number of halogens is 2. The molecule has 35 heavy (non-hydrogen) atoms. The fraction of sp³-hybridized carbons (Fsp3) is 0.185. The average Bonchev–Trinajstić information content (AvgIpc) is 3.14. The van der Waals surface area contributed by atoms with Gasteiger partial charge in [0.25, 0.3) is 5.91 Å². The van der Waals surface area contributed by atoms with Crippen molar-refractivity contribution in [3.8, 4) is 11.5 Å². The summed E-state index contributed by atoms with van der Waals surface area (Å²) in [5.41, 5.74) is 0.555. The second-order valence-electron chi connectivity index (χ2n) is 8.18. The number of benzene rings is 3.